The number of carboxylic acid groups (broad SMARTS) is 1. The van der Waals surface area contributed by atoms with Crippen LogP contribution in [-0.4, -0.2) is 26.7 Å². The van der Waals surface area contributed by atoms with Crippen molar-refractivity contribution in [2.45, 2.75) is 0 Å². The third-order valence-corrected chi connectivity index (χ3v) is 1.51. The first kappa shape index (κ1) is 7.53. The summed E-state index contributed by atoms with van der Waals surface area (Å²) in [6, 6.07) is 4.86. The predicted octanol–water partition coefficient (Wildman–Crippen LogP) is 1.01. The van der Waals surface area contributed by atoms with Crippen molar-refractivity contribution in [3.05, 3.63) is 18.2 Å². The van der Waals surface area contributed by atoms with Crippen LogP contribution in [0.3, 0.4) is 0 Å². The van der Waals surface area contributed by atoms with Crippen LogP contribution in [0.2, 0.25) is 0 Å². The second-order valence-corrected chi connectivity index (χ2v) is 2.32. The maximum Gasteiger partial charge on any atom is 0.511 e. The molecule has 1 aromatic heterocycles. The van der Waals surface area contributed by atoms with E-state index in [-0.39, 0.29) is 5.75 Å². The number of hydrogen-bond acceptors (Lipinski definition) is 4. The number of H-pyrrole nitrogens is 1. The Kier molecular flexibility index (Phi) is 1.59. The van der Waals surface area contributed by atoms with Gasteiger partial charge in [-0.15, -0.1) is 0 Å². The Balaban J connectivity index is 2.54. The van der Waals surface area contributed by atoms with Crippen molar-refractivity contribution in [2.24, 2.45) is 0 Å². The Morgan fingerprint density at radius 3 is 3.08 bits per heavy atom. The van der Waals surface area contributed by atoms with Gasteiger partial charge in [-0.1, -0.05) is 6.07 Å². The summed E-state index contributed by atoms with van der Waals surface area (Å²) in [6.45, 7) is 0. The van der Waals surface area contributed by atoms with E-state index in [1.807, 2.05) is 0 Å². The molecule has 2 aromatic rings. The first-order valence-corrected chi connectivity index (χ1v) is 3.47. The van der Waals surface area contributed by atoms with Crippen LogP contribution in [0.25, 0.3) is 11.0 Å². The highest BCUT2D eigenvalue weighted by Gasteiger charge is 2.08. The van der Waals surface area contributed by atoms with E-state index in [1.165, 1.54) is 6.07 Å². The van der Waals surface area contributed by atoms with Crippen molar-refractivity contribution >= 4 is 17.2 Å². The minimum Gasteiger partial charge on any atom is -0.449 e. The van der Waals surface area contributed by atoms with Gasteiger partial charge >= 0.3 is 6.16 Å². The zero-order valence-electron chi connectivity index (χ0n) is 6.39. The number of nitrogens with one attached hydrogen (secondary N) is 1. The molecule has 0 saturated carbocycles. The number of aromatic amines is 1. The second kappa shape index (κ2) is 2.74. The van der Waals surface area contributed by atoms with Crippen LogP contribution in [0, 0.1) is 0 Å². The van der Waals surface area contributed by atoms with Crippen LogP contribution < -0.4 is 4.74 Å². The zero-order valence-corrected chi connectivity index (χ0v) is 6.39. The molecule has 0 fully saturated rings. The van der Waals surface area contributed by atoms with Gasteiger partial charge in [-0.25, -0.2) is 4.79 Å². The average Bonchev–Trinajstić information content (AvgIpc) is 2.51. The van der Waals surface area contributed by atoms with E-state index in [9.17, 15) is 4.79 Å². The maximum atomic E-state index is 10.3. The summed E-state index contributed by atoms with van der Waals surface area (Å²) in [7, 11) is 0. The Morgan fingerprint density at radius 2 is 2.31 bits per heavy atom. The summed E-state index contributed by atoms with van der Waals surface area (Å²) >= 11 is 0. The van der Waals surface area contributed by atoms with Crippen molar-refractivity contribution in [1.82, 2.24) is 15.4 Å². The van der Waals surface area contributed by atoms with E-state index in [0.717, 1.165) is 0 Å². The number of hydrogen-bond donors (Lipinski definition) is 2. The van der Waals surface area contributed by atoms with Crippen molar-refractivity contribution in [3.63, 3.8) is 0 Å². The highest BCUT2D eigenvalue weighted by atomic mass is 16.7. The van der Waals surface area contributed by atoms with Crippen molar-refractivity contribution in [3.8, 4) is 5.75 Å². The third kappa shape index (κ3) is 1.28. The Morgan fingerprint density at radius 1 is 1.46 bits per heavy atom. The van der Waals surface area contributed by atoms with E-state index >= 15 is 0 Å². The number of fused-ring (bicyclic) bond motifs is 1. The second-order valence-electron chi connectivity index (χ2n) is 2.32. The molecular weight excluding hydrogens is 174 g/mol. The highest BCUT2D eigenvalue weighted by Crippen LogP contribution is 2.20. The Bertz CT molecular complexity index is 451. The summed E-state index contributed by atoms with van der Waals surface area (Å²) < 4.78 is 4.48. The predicted molar refractivity (Wildman–Crippen MR) is 42.5 cm³/mol. The molecule has 0 aliphatic heterocycles. The number of aromatic nitrogens is 3. The molecule has 0 bridgehead atoms. The van der Waals surface area contributed by atoms with E-state index in [1.54, 1.807) is 12.1 Å². The molecule has 2 N–H and O–H groups in total. The van der Waals surface area contributed by atoms with Gasteiger partial charge < -0.3 is 9.84 Å². The molecule has 0 radical (unpaired) electrons. The topological polar surface area (TPSA) is 88.1 Å². The fourth-order valence-corrected chi connectivity index (χ4v) is 1.02. The van der Waals surface area contributed by atoms with Crippen molar-refractivity contribution in [1.29, 1.82) is 0 Å². The molecule has 0 spiro atoms. The molecule has 66 valence electrons. The quantitative estimate of drug-likeness (QED) is 0.503. The molecular formula is C7H5N3O3. The lowest BCUT2D eigenvalue weighted by Gasteiger charge is -1.97. The molecule has 0 unspecified atom stereocenters. The molecule has 0 atom stereocenters. The normalized spacial score (nSPS) is 10.2. The van der Waals surface area contributed by atoms with Crippen LogP contribution in [0.5, 0.6) is 5.75 Å². The van der Waals surface area contributed by atoms with E-state index in [2.05, 4.69) is 20.1 Å². The number of ether oxygens (including phenoxy) is 1. The van der Waals surface area contributed by atoms with Gasteiger partial charge in [-0.05, 0) is 12.1 Å². The van der Waals surface area contributed by atoms with E-state index < -0.39 is 6.16 Å². The largest absolute Gasteiger partial charge is 0.511 e. The van der Waals surface area contributed by atoms with Crippen molar-refractivity contribution < 1.29 is 14.6 Å². The smallest absolute Gasteiger partial charge is 0.449 e. The standard InChI is InChI=1S/C7H5N3O3/c11-7(12)13-5-3-1-2-4-6(5)9-10-8-4/h1-3H,(H,11,12)(H,8,9,10). The van der Waals surface area contributed by atoms with Gasteiger partial charge in [0.1, 0.15) is 5.52 Å². The summed E-state index contributed by atoms with van der Waals surface area (Å²) in [5, 5.41) is 18.3. The molecule has 0 saturated heterocycles. The number of benzene rings is 1. The Labute approximate surface area is 72.1 Å². The third-order valence-electron chi connectivity index (χ3n) is 1.51. The average molecular weight is 179 g/mol. The zero-order chi connectivity index (χ0) is 9.26. The molecule has 1 aromatic carbocycles. The number of para-hydroxylation sites is 1. The molecule has 0 amide bonds. The lowest BCUT2D eigenvalue weighted by Crippen LogP contribution is -2.03. The van der Waals surface area contributed by atoms with E-state index in [0.29, 0.717) is 11.0 Å². The number of carbonyl (C=O) groups is 1. The fraction of sp³-hybridized carbons (Fsp3) is 0. The van der Waals surface area contributed by atoms with Gasteiger partial charge in [0, 0.05) is 0 Å². The van der Waals surface area contributed by atoms with Gasteiger partial charge in [0.25, 0.3) is 0 Å². The Hall–Kier alpha value is -2.11. The van der Waals surface area contributed by atoms with Gasteiger partial charge in [0.05, 0.1) is 0 Å². The van der Waals surface area contributed by atoms with Gasteiger partial charge in [-0.3, -0.25) is 0 Å². The first-order chi connectivity index (χ1) is 6.27. The molecule has 0 aliphatic rings. The summed E-state index contributed by atoms with van der Waals surface area (Å²) in [6.07, 6.45) is -1.37. The minimum atomic E-state index is -1.37. The van der Waals surface area contributed by atoms with Gasteiger partial charge in [0.15, 0.2) is 11.3 Å². The molecule has 1 heterocycles. The monoisotopic (exact) mass is 179 g/mol. The fourth-order valence-electron chi connectivity index (χ4n) is 1.02. The molecule has 13 heavy (non-hydrogen) atoms. The summed E-state index contributed by atoms with van der Waals surface area (Å²) in [4.78, 5) is 10.3. The van der Waals surface area contributed by atoms with E-state index in [4.69, 9.17) is 5.11 Å². The van der Waals surface area contributed by atoms with Gasteiger partial charge in [-0.2, -0.15) is 15.4 Å². The summed E-state index contributed by atoms with van der Waals surface area (Å²) in [5.41, 5.74) is 0.976. The van der Waals surface area contributed by atoms with Crippen LogP contribution in [0.1, 0.15) is 0 Å². The number of rotatable bonds is 1. The molecule has 2 rings (SSSR count). The van der Waals surface area contributed by atoms with Crippen LogP contribution in [0.15, 0.2) is 18.2 Å². The minimum absolute atomic E-state index is 0.179. The van der Waals surface area contributed by atoms with Crippen LogP contribution in [-0.2, 0) is 0 Å². The molecule has 0 aliphatic carbocycles. The first-order valence-electron chi connectivity index (χ1n) is 3.47. The lowest BCUT2D eigenvalue weighted by atomic mass is 10.3. The summed E-state index contributed by atoms with van der Waals surface area (Å²) in [5.74, 6) is 0.179. The van der Waals surface area contributed by atoms with Crippen molar-refractivity contribution in [2.75, 3.05) is 0 Å². The highest BCUT2D eigenvalue weighted by molar-refractivity contribution is 5.82. The molecule has 6 nitrogen and oxygen atoms in total. The number of nitrogens with zero attached hydrogens (tertiary/aromatic N) is 2. The van der Waals surface area contributed by atoms with Crippen LogP contribution >= 0.6 is 0 Å². The lowest BCUT2D eigenvalue weighted by molar-refractivity contribution is 0.145. The SMILES string of the molecule is O=C(O)Oc1cccc2n[nH]nc12. The maximum absolute atomic E-state index is 10.3. The van der Waals surface area contributed by atoms with Gasteiger partial charge in [0.2, 0.25) is 0 Å². The van der Waals surface area contributed by atoms with Crippen LogP contribution in [0.4, 0.5) is 4.79 Å². The molecule has 6 heteroatoms.